The molecule has 22 heavy (non-hydrogen) atoms. The number of hydrogen-bond donors (Lipinski definition) is 1. The molecule has 6 heteroatoms. The third-order valence-corrected chi connectivity index (χ3v) is 3.35. The molecule has 2 aromatic heterocycles. The Morgan fingerprint density at radius 1 is 1.09 bits per heavy atom. The molecule has 0 radical (unpaired) electrons. The van der Waals surface area contributed by atoms with Gasteiger partial charge in [-0.05, 0) is 25.5 Å². The lowest BCUT2D eigenvalue weighted by atomic mass is 10.2. The Balaban J connectivity index is 1.79. The molecular formula is C16H17N5O. The lowest BCUT2D eigenvalue weighted by Gasteiger charge is -2.10. The van der Waals surface area contributed by atoms with E-state index in [0.717, 1.165) is 17.8 Å². The van der Waals surface area contributed by atoms with Crippen LogP contribution in [0.4, 0.5) is 5.82 Å². The first-order valence-corrected chi connectivity index (χ1v) is 7.26. The van der Waals surface area contributed by atoms with Crippen LogP contribution in [-0.4, -0.2) is 26.4 Å². The molecule has 0 aliphatic rings. The van der Waals surface area contributed by atoms with E-state index in [9.17, 15) is 0 Å². The molecule has 1 aromatic carbocycles. The van der Waals surface area contributed by atoms with Crippen molar-refractivity contribution in [2.24, 2.45) is 0 Å². The SMILES string of the molecule is CCC(C)Nc1ccc(-c2nc(-c3ccccc3)no2)nn1. The molecule has 1 N–H and O–H groups in total. The molecule has 3 aromatic rings. The summed E-state index contributed by atoms with van der Waals surface area (Å²) in [7, 11) is 0. The monoisotopic (exact) mass is 295 g/mol. The van der Waals surface area contributed by atoms with Gasteiger partial charge in [0.25, 0.3) is 5.89 Å². The minimum Gasteiger partial charge on any atom is -0.366 e. The summed E-state index contributed by atoms with van der Waals surface area (Å²) in [6, 6.07) is 13.7. The second kappa shape index (κ2) is 6.34. The van der Waals surface area contributed by atoms with E-state index in [2.05, 4.69) is 39.5 Å². The van der Waals surface area contributed by atoms with E-state index in [4.69, 9.17) is 4.52 Å². The summed E-state index contributed by atoms with van der Waals surface area (Å²) in [6.45, 7) is 4.21. The first-order valence-electron chi connectivity index (χ1n) is 7.26. The van der Waals surface area contributed by atoms with Crippen molar-refractivity contribution in [3.8, 4) is 23.0 Å². The average Bonchev–Trinajstić information content (AvgIpc) is 3.06. The largest absolute Gasteiger partial charge is 0.366 e. The van der Waals surface area contributed by atoms with E-state index in [1.165, 1.54) is 0 Å². The molecule has 0 spiro atoms. The van der Waals surface area contributed by atoms with Crippen LogP contribution < -0.4 is 5.32 Å². The summed E-state index contributed by atoms with van der Waals surface area (Å²) < 4.78 is 5.26. The van der Waals surface area contributed by atoms with Gasteiger partial charge in [-0.3, -0.25) is 0 Å². The lowest BCUT2D eigenvalue weighted by molar-refractivity contribution is 0.430. The lowest BCUT2D eigenvalue weighted by Crippen LogP contribution is -2.14. The van der Waals surface area contributed by atoms with Gasteiger partial charge in [0.1, 0.15) is 5.82 Å². The van der Waals surface area contributed by atoms with Crippen LogP contribution in [0, 0.1) is 0 Å². The number of nitrogens with one attached hydrogen (secondary N) is 1. The van der Waals surface area contributed by atoms with Gasteiger partial charge >= 0.3 is 0 Å². The molecule has 112 valence electrons. The fourth-order valence-corrected chi connectivity index (χ4v) is 1.91. The minimum atomic E-state index is 0.355. The Labute approximate surface area is 128 Å². The van der Waals surface area contributed by atoms with E-state index in [0.29, 0.717) is 23.5 Å². The van der Waals surface area contributed by atoms with Crippen molar-refractivity contribution in [1.82, 2.24) is 20.3 Å². The molecular weight excluding hydrogens is 278 g/mol. The normalized spacial score (nSPS) is 12.1. The molecule has 0 saturated heterocycles. The van der Waals surface area contributed by atoms with Gasteiger partial charge in [-0.15, -0.1) is 10.2 Å². The fraction of sp³-hybridized carbons (Fsp3) is 0.250. The summed E-state index contributed by atoms with van der Waals surface area (Å²) in [4.78, 5) is 4.36. The van der Waals surface area contributed by atoms with E-state index >= 15 is 0 Å². The van der Waals surface area contributed by atoms with E-state index < -0.39 is 0 Å². The fourth-order valence-electron chi connectivity index (χ4n) is 1.91. The molecule has 0 fully saturated rings. The zero-order chi connectivity index (χ0) is 15.4. The van der Waals surface area contributed by atoms with Crippen LogP contribution in [0.2, 0.25) is 0 Å². The first-order chi connectivity index (χ1) is 10.8. The molecule has 0 bridgehead atoms. The van der Waals surface area contributed by atoms with Gasteiger partial charge < -0.3 is 9.84 Å². The van der Waals surface area contributed by atoms with Gasteiger partial charge in [-0.25, -0.2) is 0 Å². The molecule has 0 aliphatic heterocycles. The van der Waals surface area contributed by atoms with Crippen molar-refractivity contribution in [2.45, 2.75) is 26.3 Å². The molecule has 3 rings (SSSR count). The topological polar surface area (TPSA) is 76.7 Å². The Hall–Kier alpha value is -2.76. The van der Waals surface area contributed by atoms with E-state index in [1.807, 2.05) is 42.5 Å². The van der Waals surface area contributed by atoms with Crippen LogP contribution in [0.15, 0.2) is 47.0 Å². The predicted octanol–water partition coefficient (Wildman–Crippen LogP) is 3.40. The highest BCUT2D eigenvalue weighted by atomic mass is 16.5. The molecule has 6 nitrogen and oxygen atoms in total. The Morgan fingerprint density at radius 3 is 2.59 bits per heavy atom. The molecule has 0 saturated carbocycles. The zero-order valence-corrected chi connectivity index (χ0v) is 12.5. The number of aromatic nitrogens is 4. The maximum Gasteiger partial charge on any atom is 0.278 e. The summed E-state index contributed by atoms with van der Waals surface area (Å²) in [6.07, 6.45) is 1.02. The summed E-state index contributed by atoms with van der Waals surface area (Å²) in [5, 5.41) is 15.5. The first kappa shape index (κ1) is 14.2. The van der Waals surface area contributed by atoms with Gasteiger partial charge in [0.2, 0.25) is 5.82 Å². The van der Waals surface area contributed by atoms with Crippen molar-refractivity contribution >= 4 is 5.82 Å². The highest BCUT2D eigenvalue weighted by Crippen LogP contribution is 2.20. The van der Waals surface area contributed by atoms with Crippen molar-refractivity contribution in [1.29, 1.82) is 0 Å². The van der Waals surface area contributed by atoms with E-state index in [-0.39, 0.29) is 0 Å². The summed E-state index contributed by atoms with van der Waals surface area (Å²) in [5.41, 5.74) is 1.46. The Bertz CT molecular complexity index is 724. The highest BCUT2D eigenvalue weighted by molar-refractivity contribution is 5.57. The third kappa shape index (κ3) is 3.11. The zero-order valence-electron chi connectivity index (χ0n) is 12.5. The molecule has 2 heterocycles. The smallest absolute Gasteiger partial charge is 0.278 e. The van der Waals surface area contributed by atoms with Crippen LogP contribution in [0.5, 0.6) is 0 Å². The minimum absolute atomic E-state index is 0.355. The average molecular weight is 295 g/mol. The number of anilines is 1. The maximum absolute atomic E-state index is 5.26. The van der Waals surface area contributed by atoms with Gasteiger partial charge in [0, 0.05) is 11.6 Å². The Kier molecular flexibility index (Phi) is 4.09. The number of nitrogens with zero attached hydrogens (tertiary/aromatic N) is 4. The van der Waals surface area contributed by atoms with Crippen molar-refractivity contribution in [3.05, 3.63) is 42.5 Å². The quantitative estimate of drug-likeness (QED) is 0.777. The second-order valence-corrected chi connectivity index (χ2v) is 5.05. The number of hydrogen-bond acceptors (Lipinski definition) is 6. The Morgan fingerprint density at radius 2 is 1.91 bits per heavy atom. The molecule has 1 atom stereocenters. The highest BCUT2D eigenvalue weighted by Gasteiger charge is 2.12. The second-order valence-electron chi connectivity index (χ2n) is 5.05. The van der Waals surface area contributed by atoms with Crippen LogP contribution >= 0.6 is 0 Å². The van der Waals surface area contributed by atoms with E-state index in [1.54, 1.807) is 0 Å². The van der Waals surface area contributed by atoms with Crippen LogP contribution in [0.1, 0.15) is 20.3 Å². The van der Waals surface area contributed by atoms with Crippen molar-refractivity contribution in [2.75, 3.05) is 5.32 Å². The maximum atomic E-state index is 5.26. The number of rotatable bonds is 5. The van der Waals surface area contributed by atoms with Gasteiger partial charge in [0.15, 0.2) is 5.69 Å². The van der Waals surface area contributed by atoms with Crippen LogP contribution in [-0.2, 0) is 0 Å². The van der Waals surface area contributed by atoms with Crippen LogP contribution in [0.25, 0.3) is 23.0 Å². The van der Waals surface area contributed by atoms with Crippen LogP contribution in [0.3, 0.4) is 0 Å². The summed E-state index contributed by atoms with van der Waals surface area (Å²) >= 11 is 0. The van der Waals surface area contributed by atoms with Crippen molar-refractivity contribution in [3.63, 3.8) is 0 Å². The number of benzene rings is 1. The summed E-state index contributed by atoms with van der Waals surface area (Å²) in [5.74, 6) is 1.64. The molecule has 0 aliphatic carbocycles. The molecule has 0 amide bonds. The molecule has 1 unspecified atom stereocenters. The third-order valence-electron chi connectivity index (χ3n) is 3.35. The van der Waals surface area contributed by atoms with Gasteiger partial charge in [0.05, 0.1) is 0 Å². The van der Waals surface area contributed by atoms with Gasteiger partial charge in [-0.2, -0.15) is 4.98 Å². The van der Waals surface area contributed by atoms with Gasteiger partial charge in [-0.1, -0.05) is 42.4 Å². The standard InChI is InChI=1S/C16H17N5O/c1-3-11(2)17-14-10-9-13(19-20-14)16-18-15(21-22-16)12-7-5-4-6-8-12/h4-11H,3H2,1-2H3,(H,17,20). The van der Waals surface area contributed by atoms with Crippen molar-refractivity contribution < 1.29 is 4.52 Å². The predicted molar refractivity (Wildman–Crippen MR) is 84.1 cm³/mol.